The molecule has 6 heteroatoms. The number of amides is 1. The number of hydrogen-bond acceptors (Lipinski definition) is 2. The maximum absolute atomic E-state index is 13.6. The zero-order valence-electron chi connectivity index (χ0n) is 12.8. The minimum absolute atomic E-state index is 0.0607. The molecule has 0 radical (unpaired) electrons. The van der Waals surface area contributed by atoms with Gasteiger partial charge in [-0.05, 0) is 31.5 Å². The number of carbonyl (C=O) groups excluding carboxylic acids is 1. The molecule has 122 valence electrons. The van der Waals surface area contributed by atoms with Gasteiger partial charge in [-0.3, -0.25) is 9.59 Å². The summed E-state index contributed by atoms with van der Waals surface area (Å²) in [5.74, 6) is -0.784. The van der Waals surface area contributed by atoms with Gasteiger partial charge in [0.25, 0.3) is 5.56 Å². The summed E-state index contributed by atoms with van der Waals surface area (Å²) in [7, 11) is 0. The number of halogens is 2. The quantitative estimate of drug-likeness (QED) is 0.825. The number of nitrogens with zero attached hydrogens (tertiary/aromatic N) is 1. The van der Waals surface area contributed by atoms with Gasteiger partial charge >= 0.3 is 0 Å². The highest BCUT2D eigenvalue weighted by Gasteiger charge is 2.11. The third-order valence-electron chi connectivity index (χ3n) is 3.55. The van der Waals surface area contributed by atoms with Gasteiger partial charge in [0, 0.05) is 35.4 Å². The van der Waals surface area contributed by atoms with Crippen molar-refractivity contribution in [2.75, 3.05) is 6.54 Å². The molecular weight excluding hydrogens is 319 g/mol. The van der Waals surface area contributed by atoms with Crippen molar-refractivity contribution in [1.29, 1.82) is 0 Å². The van der Waals surface area contributed by atoms with Crippen LogP contribution in [0.25, 0.3) is 0 Å². The number of pyridine rings is 1. The lowest BCUT2D eigenvalue weighted by Gasteiger charge is -2.10. The van der Waals surface area contributed by atoms with Crippen LogP contribution in [-0.2, 0) is 17.8 Å². The molecule has 4 nitrogen and oxygen atoms in total. The molecule has 0 aliphatic carbocycles. The molecule has 1 N–H and O–H groups in total. The number of carbonyl (C=O) groups is 1. The van der Waals surface area contributed by atoms with Gasteiger partial charge in [-0.15, -0.1) is 0 Å². The van der Waals surface area contributed by atoms with E-state index in [2.05, 4.69) is 5.32 Å². The molecule has 1 heterocycles. The Bertz CT molecular complexity index is 738. The van der Waals surface area contributed by atoms with E-state index in [4.69, 9.17) is 11.6 Å². The average Bonchev–Trinajstić information content (AvgIpc) is 2.50. The zero-order chi connectivity index (χ0) is 16.8. The summed E-state index contributed by atoms with van der Waals surface area (Å²) in [6, 6.07) is 9.41. The van der Waals surface area contributed by atoms with Crippen LogP contribution in [-0.4, -0.2) is 17.0 Å². The van der Waals surface area contributed by atoms with Crippen molar-refractivity contribution < 1.29 is 9.18 Å². The van der Waals surface area contributed by atoms with Crippen molar-refractivity contribution in [3.8, 4) is 0 Å². The monoisotopic (exact) mass is 336 g/mol. The Morgan fingerprint density at radius 1 is 1.26 bits per heavy atom. The van der Waals surface area contributed by atoms with Gasteiger partial charge in [0.1, 0.15) is 5.82 Å². The number of benzene rings is 1. The second-order valence-corrected chi connectivity index (χ2v) is 5.64. The van der Waals surface area contributed by atoms with Gasteiger partial charge < -0.3 is 9.88 Å². The highest BCUT2D eigenvalue weighted by atomic mass is 35.5. The Hall–Kier alpha value is -2.14. The van der Waals surface area contributed by atoms with Crippen molar-refractivity contribution >= 4 is 17.5 Å². The number of aromatic nitrogens is 1. The highest BCUT2D eigenvalue weighted by Crippen LogP contribution is 2.19. The Morgan fingerprint density at radius 3 is 2.70 bits per heavy atom. The lowest BCUT2D eigenvalue weighted by Crippen LogP contribution is -2.29. The number of aryl methyl sites for hydroxylation is 1. The molecule has 1 amide bonds. The lowest BCUT2D eigenvalue weighted by atomic mass is 10.1. The molecule has 2 rings (SSSR count). The molecule has 1 aromatic carbocycles. The molecule has 1 aromatic heterocycles. The summed E-state index contributed by atoms with van der Waals surface area (Å²) < 4.78 is 15.3. The van der Waals surface area contributed by atoms with E-state index in [1.54, 1.807) is 16.7 Å². The summed E-state index contributed by atoms with van der Waals surface area (Å²) in [5.41, 5.74) is 1.01. The third kappa shape index (κ3) is 4.66. The van der Waals surface area contributed by atoms with E-state index in [1.807, 2.05) is 13.0 Å². The number of nitrogens with one attached hydrogen (secondary N) is 1. The minimum atomic E-state index is -0.487. The van der Waals surface area contributed by atoms with Crippen molar-refractivity contribution in [3.63, 3.8) is 0 Å². The van der Waals surface area contributed by atoms with E-state index in [0.29, 0.717) is 19.5 Å². The molecule has 0 saturated heterocycles. The van der Waals surface area contributed by atoms with Crippen LogP contribution in [0.5, 0.6) is 0 Å². The van der Waals surface area contributed by atoms with E-state index in [-0.39, 0.29) is 28.5 Å². The van der Waals surface area contributed by atoms with Crippen LogP contribution in [0.3, 0.4) is 0 Å². The zero-order valence-corrected chi connectivity index (χ0v) is 13.6. The predicted molar refractivity (Wildman–Crippen MR) is 88.2 cm³/mol. The molecule has 2 aromatic rings. The molecule has 0 spiro atoms. The second-order valence-electron chi connectivity index (χ2n) is 5.24. The first-order valence-electron chi connectivity index (χ1n) is 7.35. The smallest absolute Gasteiger partial charge is 0.250 e. The van der Waals surface area contributed by atoms with Crippen LogP contribution in [0.1, 0.15) is 17.7 Å². The van der Waals surface area contributed by atoms with Crippen LogP contribution in [0, 0.1) is 12.7 Å². The first-order valence-corrected chi connectivity index (χ1v) is 7.73. The van der Waals surface area contributed by atoms with E-state index < -0.39 is 5.82 Å². The molecule has 23 heavy (non-hydrogen) atoms. The van der Waals surface area contributed by atoms with Crippen LogP contribution >= 0.6 is 11.6 Å². The van der Waals surface area contributed by atoms with Gasteiger partial charge in [0.15, 0.2) is 0 Å². The molecule has 0 aliphatic rings. The highest BCUT2D eigenvalue weighted by molar-refractivity contribution is 6.31. The average molecular weight is 337 g/mol. The maximum Gasteiger partial charge on any atom is 0.250 e. The van der Waals surface area contributed by atoms with Gasteiger partial charge in [-0.25, -0.2) is 4.39 Å². The van der Waals surface area contributed by atoms with Crippen LogP contribution in [0.2, 0.25) is 5.02 Å². The summed E-state index contributed by atoms with van der Waals surface area (Å²) in [5, 5.41) is 2.96. The third-order valence-corrected chi connectivity index (χ3v) is 3.90. The lowest BCUT2D eigenvalue weighted by molar-refractivity contribution is -0.120. The largest absolute Gasteiger partial charge is 0.356 e. The molecule has 0 fully saturated rings. The molecular formula is C17H18ClFN2O2. The van der Waals surface area contributed by atoms with Crippen LogP contribution in [0.15, 0.2) is 41.2 Å². The summed E-state index contributed by atoms with van der Waals surface area (Å²) in [6.07, 6.45) is 0.511. The van der Waals surface area contributed by atoms with Gasteiger partial charge in [0.2, 0.25) is 5.91 Å². The van der Waals surface area contributed by atoms with Crippen LogP contribution < -0.4 is 10.9 Å². The number of rotatable bonds is 6. The minimum Gasteiger partial charge on any atom is -0.356 e. The Kier molecular flexibility index (Phi) is 5.93. The molecule has 0 unspecified atom stereocenters. The maximum atomic E-state index is 13.6. The van der Waals surface area contributed by atoms with E-state index in [1.165, 1.54) is 18.2 Å². The van der Waals surface area contributed by atoms with Gasteiger partial charge in [0.05, 0.1) is 6.42 Å². The van der Waals surface area contributed by atoms with Crippen LogP contribution in [0.4, 0.5) is 4.39 Å². The predicted octanol–water partition coefficient (Wildman–Crippen LogP) is 2.70. The van der Waals surface area contributed by atoms with E-state index >= 15 is 0 Å². The SMILES string of the molecule is Cc1cccc(=O)n1CCCNC(=O)Cc1c(F)cccc1Cl. The van der Waals surface area contributed by atoms with E-state index in [0.717, 1.165) is 5.69 Å². The van der Waals surface area contributed by atoms with Gasteiger partial charge in [-0.2, -0.15) is 0 Å². The van der Waals surface area contributed by atoms with Crippen molar-refractivity contribution in [1.82, 2.24) is 9.88 Å². The normalized spacial score (nSPS) is 10.6. The number of hydrogen-bond donors (Lipinski definition) is 1. The van der Waals surface area contributed by atoms with Gasteiger partial charge in [-0.1, -0.05) is 23.7 Å². The van der Waals surface area contributed by atoms with E-state index in [9.17, 15) is 14.0 Å². The first kappa shape index (κ1) is 17.2. The molecule has 0 saturated carbocycles. The fourth-order valence-corrected chi connectivity index (χ4v) is 2.53. The van der Waals surface area contributed by atoms with Crippen molar-refractivity contribution in [2.24, 2.45) is 0 Å². The summed E-state index contributed by atoms with van der Waals surface area (Å²) in [4.78, 5) is 23.6. The molecule has 0 bridgehead atoms. The fourth-order valence-electron chi connectivity index (χ4n) is 2.30. The topological polar surface area (TPSA) is 51.1 Å². The molecule has 0 aliphatic heterocycles. The summed E-state index contributed by atoms with van der Waals surface area (Å²) >= 11 is 5.89. The fraction of sp³-hybridized carbons (Fsp3) is 0.294. The first-order chi connectivity index (χ1) is 11.0. The second kappa shape index (κ2) is 7.92. The Morgan fingerprint density at radius 2 is 2.00 bits per heavy atom. The Balaban J connectivity index is 1.83. The van der Waals surface area contributed by atoms with Crippen molar-refractivity contribution in [3.05, 3.63) is 68.8 Å². The Labute approximate surface area is 138 Å². The standard InChI is InChI=1S/C17H18ClFN2O2/c1-12-5-2-8-17(23)21(12)10-4-9-20-16(22)11-13-14(18)6-3-7-15(13)19/h2-3,5-8H,4,9-11H2,1H3,(H,20,22). The summed E-state index contributed by atoms with van der Waals surface area (Å²) in [6.45, 7) is 2.79. The van der Waals surface area contributed by atoms with Crippen molar-refractivity contribution in [2.45, 2.75) is 26.3 Å². The molecule has 0 atom stereocenters.